The Balaban J connectivity index is 2.25. The van der Waals surface area contributed by atoms with Crippen molar-refractivity contribution in [2.75, 3.05) is 0 Å². The third-order valence-corrected chi connectivity index (χ3v) is 3.43. The predicted octanol–water partition coefficient (Wildman–Crippen LogP) is 2.02. The zero-order chi connectivity index (χ0) is 14.7. The van der Waals surface area contributed by atoms with E-state index in [1.54, 1.807) is 10.9 Å². The topological polar surface area (TPSA) is 70.9 Å². The van der Waals surface area contributed by atoms with Crippen molar-refractivity contribution in [3.05, 3.63) is 23.7 Å². The third kappa shape index (κ3) is 3.01. The summed E-state index contributed by atoms with van der Waals surface area (Å²) in [7, 11) is 1.88. The first-order valence-electron chi connectivity index (χ1n) is 7.03. The number of nitrogens with zero attached hydrogens (tertiary/aromatic N) is 4. The number of aryl methyl sites for hydroxylation is 3. The van der Waals surface area contributed by atoms with Gasteiger partial charge in [-0.25, -0.2) is 4.68 Å². The number of hydrogen-bond donors (Lipinski definition) is 1. The highest BCUT2D eigenvalue weighted by Crippen LogP contribution is 2.28. The molecule has 20 heavy (non-hydrogen) atoms. The van der Waals surface area contributed by atoms with E-state index in [1.807, 2.05) is 31.8 Å². The smallest absolute Gasteiger partial charge is 0.221 e. The largest absolute Gasteiger partial charge is 0.436 e. The normalized spacial score (nSPS) is 12.7. The van der Waals surface area contributed by atoms with Crippen molar-refractivity contribution in [1.82, 2.24) is 19.6 Å². The van der Waals surface area contributed by atoms with E-state index in [0.29, 0.717) is 0 Å². The van der Waals surface area contributed by atoms with Crippen LogP contribution >= 0.6 is 0 Å². The molecule has 110 valence electrons. The Kier molecular flexibility index (Phi) is 4.44. The summed E-state index contributed by atoms with van der Waals surface area (Å²) in [6, 6.07) is 0.124. The van der Waals surface area contributed by atoms with E-state index < -0.39 is 0 Å². The summed E-state index contributed by atoms with van der Waals surface area (Å²) in [5.74, 6) is 1.48. The van der Waals surface area contributed by atoms with Gasteiger partial charge in [-0.2, -0.15) is 10.2 Å². The van der Waals surface area contributed by atoms with Crippen LogP contribution in [0.1, 0.15) is 31.5 Å². The second-order valence-electron chi connectivity index (χ2n) is 5.00. The molecule has 2 rings (SSSR count). The summed E-state index contributed by atoms with van der Waals surface area (Å²) in [5.41, 5.74) is 8.10. The van der Waals surface area contributed by atoms with Crippen LogP contribution in [-0.2, 0) is 20.0 Å². The van der Waals surface area contributed by atoms with Crippen LogP contribution in [0.3, 0.4) is 0 Å². The molecular weight excluding hydrogens is 254 g/mol. The van der Waals surface area contributed by atoms with Gasteiger partial charge in [-0.1, -0.05) is 6.92 Å². The van der Waals surface area contributed by atoms with Crippen LogP contribution in [0.2, 0.25) is 0 Å². The van der Waals surface area contributed by atoms with Crippen LogP contribution in [0.15, 0.2) is 12.4 Å². The molecule has 0 aliphatic rings. The molecule has 0 spiro atoms. The summed E-state index contributed by atoms with van der Waals surface area (Å²) in [6.07, 6.45) is 5.30. The molecule has 0 radical (unpaired) electrons. The summed E-state index contributed by atoms with van der Waals surface area (Å²) < 4.78 is 9.54. The molecule has 0 saturated heterocycles. The molecule has 0 aromatic carbocycles. The van der Waals surface area contributed by atoms with Crippen molar-refractivity contribution in [2.45, 2.75) is 46.2 Å². The highest BCUT2D eigenvalue weighted by atomic mass is 16.5. The van der Waals surface area contributed by atoms with Crippen LogP contribution in [0.5, 0.6) is 11.6 Å². The molecule has 0 aliphatic heterocycles. The van der Waals surface area contributed by atoms with Gasteiger partial charge in [0.25, 0.3) is 0 Å². The van der Waals surface area contributed by atoms with Gasteiger partial charge in [-0.3, -0.25) is 4.68 Å². The van der Waals surface area contributed by atoms with E-state index in [-0.39, 0.29) is 6.04 Å². The lowest BCUT2D eigenvalue weighted by Gasteiger charge is -2.10. The van der Waals surface area contributed by atoms with Crippen LogP contribution in [0, 0.1) is 6.92 Å². The number of hydrogen-bond acceptors (Lipinski definition) is 4. The number of ether oxygens (including phenoxy) is 1. The van der Waals surface area contributed by atoms with Crippen molar-refractivity contribution in [1.29, 1.82) is 0 Å². The highest BCUT2D eigenvalue weighted by molar-refractivity contribution is 5.35. The lowest BCUT2D eigenvalue weighted by atomic mass is 10.1. The van der Waals surface area contributed by atoms with Crippen LogP contribution < -0.4 is 10.5 Å². The van der Waals surface area contributed by atoms with Crippen molar-refractivity contribution in [3.8, 4) is 11.6 Å². The van der Waals surface area contributed by atoms with E-state index >= 15 is 0 Å². The maximum atomic E-state index is 6.06. The van der Waals surface area contributed by atoms with Gasteiger partial charge in [0, 0.05) is 25.2 Å². The highest BCUT2D eigenvalue weighted by Gasteiger charge is 2.18. The quantitative estimate of drug-likeness (QED) is 0.877. The number of nitrogens with two attached hydrogens (primary N) is 1. The molecule has 0 amide bonds. The van der Waals surface area contributed by atoms with Crippen molar-refractivity contribution >= 4 is 0 Å². The minimum Gasteiger partial charge on any atom is -0.436 e. The standard InChI is InChI=1S/C14H23N5O/c1-5-11(15)7-13-10(3)17-18(4)14(13)20-12-8-16-19(6-2)9-12/h8-9,11H,5-7,15H2,1-4H3. The Labute approximate surface area is 119 Å². The maximum absolute atomic E-state index is 6.06. The number of aromatic nitrogens is 4. The minimum absolute atomic E-state index is 0.124. The molecule has 2 N–H and O–H groups in total. The molecule has 6 heteroatoms. The Bertz CT molecular complexity index is 572. The van der Waals surface area contributed by atoms with Gasteiger partial charge in [0.1, 0.15) is 0 Å². The fourth-order valence-electron chi connectivity index (χ4n) is 2.13. The molecule has 0 saturated carbocycles. The molecule has 0 bridgehead atoms. The van der Waals surface area contributed by atoms with Crippen molar-refractivity contribution in [2.24, 2.45) is 12.8 Å². The molecule has 2 heterocycles. The second-order valence-corrected chi connectivity index (χ2v) is 5.00. The lowest BCUT2D eigenvalue weighted by molar-refractivity contribution is 0.423. The molecule has 2 aromatic rings. The molecule has 6 nitrogen and oxygen atoms in total. The average Bonchev–Trinajstić information content (AvgIpc) is 2.98. The summed E-state index contributed by atoms with van der Waals surface area (Å²) >= 11 is 0. The molecule has 2 aromatic heterocycles. The maximum Gasteiger partial charge on any atom is 0.221 e. The van der Waals surface area contributed by atoms with Crippen LogP contribution in [-0.4, -0.2) is 25.6 Å². The predicted molar refractivity (Wildman–Crippen MR) is 77.9 cm³/mol. The lowest BCUT2D eigenvalue weighted by Crippen LogP contribution is -2.21. The van der Waals surface area contributed by atoms with Gasteiger partial charge in [-0.05, 0) is 26.7 Å². The fraction of sp³-hybridized carbons (Fsp3) is 0.571. The van der Waals surface area contributed by atoms with Gasteiger partial charge in [0.2, 0.25) is 5.88 Å². The summed E-state index contributed by atoms with van der Waals surface area (Å²) in [5, 5.41) is 8.64. The Morgan fingerprint density at radius 2 is 2.15 bits per heavy atom. The van der Waals surface area contributed by atoms with Gasteiger partial charge >= 0.3 is 0 Å². The fourth-order valence-corrected chi connectivity index (χ4v) is 2.13. The average molecular weight is 277 g/mol. The molecule has 1 unspecified atom stereocenters. The zero-order valence-corrected chi connectivity index (χ0v) is 12.6. The zero-order valence-electron chi connectivity index (χ0n) is 12.6. The van der Waals surface area contributed by atoms with E-state index in [1.165, 1.54) is 0 Å². The van der Waals surface area contributed by atoms with Crippen molar-refractivity contribution < 1.29 is 4.74 Å². The van der Waals surface area contributed by atoms with Crippen LogP contribution in [0.25, 0.3) is 0 Å². The van der Waals surface area contributed by atoms with E-state index in [9.17, 15) is 0 Å². The Hall–Kier alpha value is -1.82. The molecule has 0 fully saturated rings. The van der Waals surface area contributed by atoms with Gasteiger partial charge in [0.05, 0.1) is 18.1 Å². The van der Waals surface area contributed by atoms with E-state index in [0.717, 1.165) is 42.3 Å². The first-order chi connectivity index (χ1) is 9.55. The number of rotatable bonds is 6. The van der Waals surface area contributed by atoms with Gasteiger partial charge in [0.15, 0.2) is 5.75 Å². The van der Waals surface area contributed by atoms with Gasteiger partial charge < -0.3 is 10.5 Å². The summed E-state index contributed by atoms with van der Waals surface area (Å²) in [4.78, 5) is 0. The molecule has 0 aliphatic carbocycles. The van der Waals surface area contributed by atoms with E-state index in [2.05, 4.69) is 17.1 Å². The van der Waals surface area contributed by atoms with Crippen molar-refractivity contribution in [3.63, 3.8) is 0 Å². The molecule has 1 atom stereocenters. The summed E-state index contributed by atoms with van der Waals surface area (Å²) in [6.45, 7) is 6.93. The monoisotopic (exact) mass is 277 g/mol. The van der Waals surface area contributed by atoms with Crippen LogP contribution in [0.4, 0.5) is 0 Å². The van der Waals surface area contributed by atoms with E-state index in [4.69, 9.17) is 10.5 Å². The minimum atomic E-state index is 0.124. The Morgan fingerprint density at radius 1 is 1.40 bits per heavy atom. The van der Waals surface area contributed by atoms with Gasteiger partial charge in [-0.15, -0.1) is 0 Å². The first kappa shape index (κ1) is 14.6. The SMILES string of the molecule is CCC(N)Cc1c(C)nn(C)c1Oc1cnn(CC)c1. The second kappa shape index (κ2) is 6.09. The Morgan fingerprint density at radius 3 is 2.75 bits per heavy atom. The third-order valence-electron chi connectivity index (χ3n) is 3.43. The molecular formula is C14H23N5O. The first-order valence-corrected chi connectivity index (χ1v) is 7.03.